The zero-order valence-corrected chi connectivity index (χ0v) is 29.5. The Morgan fingerprint density at radius 2 is 1.96 bits per heavy atom. The topological polar surface area (TPSA) is 79.7 Å². The lowest BCUT2D eigenvalue weighted by atomic mass is 9.60. The van der Waals surface area contributed by atoms with Gasteiger partial charge >= 0.3 is 5.97 Å². The summed E-state index contributed by atoms with van der Waals surface area (Å²) in [7, 11) is 0. The third-order valence-corrected chi connectivity index (χ3v) is 13.6. The van der Waals surface area contributed by atoms with Crippen molar-refractivity contribution in [2.45, 2.75) is 155 Å². The van der Waals surface area contributed by atoms with Gasteiger partial charge in [-0.3, -0.25) is 4.79 Å². The zero-order valence-electron chi connectivity index (χ0n) is 28.7. The highest BCUT2D eigenvalue weighted by molar-refractivity contribution is 7.11. The molecule has 0 amide bonds. The minimum atomic E-state index is -0.645. The molecule has 0 radical (unpaired) electrons. The van der Waals surface area contributed by atoms with Gasteiger partial charge in [-0.15, -0.1) is 11.3 Å². The molecule has 6 heteroatoms. The van der Waals surface area contributed by atoms with Gasteiger partial charge in [-0.05, 0) is 118 Å². The lowest BCUT2D eigenvalue weighted by molar-refractivity contribution is -0.156. The average molecular weight is 638 g/mol. The SMILES string of the molecule is C=C1/C(=C\C=C2/CCC[C@]3(C)[C@@H]([C@H](C)CC[C@@H](OC(=O)C(C)CC)C4(c5ncc(CCCC)s5)CC4)CC[C@@H]23)C[C@@H](O)C[C@@H]1O. The van der Waals surface area contributed by atoms with E-state index in [0.29, 0.717) is 30.6 Å². The summed E-state index contributed by atoms with van der Waals surface area (Å²) in [5.41, 5.74) is 3.47. The van der Waals surface area contributed by atoms with Crippen molar-refractivity contribution in [3.8, 4) is 0 Å². The maximum atomic E-state index is 13.2. The van der Waals surface area contributed by atoms with Crippen molar-refractivity contribution in [2.24, 2.45) is 29.1 Å². The van der Waals surface area contributed by atoms with Crippen molar-refractivity contribution in [1.82, 2.24) is 4.98 Å². The molecule has 0 spiro atoms. The van der Waals surface area contributed by atoms with Gasteiger partial charge in [-0.1, -0.05) is 65.3 Å². The highest BCUT2D eigenvalue weighted by atomic mass is 32.1. The number of esters is 1. The molecule has 5 rings (SSSR count). The molecule has 4 saturated carbocycles. The van der Waals surface area contributed by atoms with E-state index >= 15 is 0 Å². The Balaban J connectivity index is 1.29. The minimum Gasteiger partial charge on any atom is -0.461 e. The summed E-state index contributed by atoms with van der Waals surface area (Å²) >= 11 is 1.85. The number of aryl methyl sites for hydroxylation is 1. The molecule has 0 aromatic carbocycles. The van der Waals surface area contributed by atoms with E-state index in [-0.39, 0.29) is 28.8 Å². The predicted molar refractivity (Wildman–Crippen MR) is 184 cm³/mol. The van der Waals surface area contributed by atoms with Crippen LogP contribution in [-0.2, 0) is 21.4 Å². The van der Waals surface area contributed by atoms with Crippen LogP contribution in [0.3, 0.4) is 0 Å². The van der Waals surface area contributed by atoms with Crippen LogP contribution in [0.5, 0.6) is 0 Å². The number of fused-ring (bicyclic) bond motifs is 1. The summed E-state index contributed by atoms with van der Waals surface area (Å²) in [6.45, 7) is 15.4. The van der Waals surface area contributed by atoms with Gasteiger partial charge in [-0.25, -0.2) is 4.98 Å². The van der Waals surface area contributed by atoms with Crippen LogP contribution in [0.1, 0.15) is 134 Å². The Labute approximate surface area is 276 Å². The van der Waals surface area contributed by atoms with Gasteiger partial charge in [0.2, 0.25) is 0 Å². The number of carbonyl (C=O) groups is 1. The summed E-state index contributed by atoms with van der Waals surface area (Å²) in [6.07, 6.45) is 20.7. The molecular formula is C39H59NO4S. The van der Waals surface area contributed by atoms with E-state index in [2.05, 4.69) is 52.6 Å². The maximum Gasteiger partial charge on any atom is 0.308 e. The predicted octanol–water partition coefficient (Wildman–Crippen LogP) is 9.03. The Bertz CT molecular complexity index is 1260. The van der Waals surface area contributed by atoms with E-state index in [4.69, 9.17) is 9.72 Å². The second-order valence-corrected chi connectivity index (χ2v) is 16.5. The molecule has 0 bridgehead atoms. The van der Waals surface area contributed by atoms with Crippen molar-refractivity contribution >= 4 is 17.3 Å². The Morgan fingerprint density at radius 3 is 2.67 bits per heavy atom. The van der Waals surface area contributed by atoms with Crippen LogP contribution in [0.15, 0.2) is 41.6 Å². The molecule has 8 atom stereocenters. The lowest BCUT2D eigenvalue weighted by Gasteiger charge is -2.44. The molecule has 250 valence electrons. The first-order valence-corrected chi connectivity index (χ1v) is 18.9. The van der Waals surface area contributed by atoms with E-state index in [1.165, 1.54) is 54.0 Å². The van der Waals surface area contributed by atoms with Crippen molar-refractivity contribution in [3.63, 3.8) is 0 Å². The Morgan fingerprint density at radius 1 is 1.18 bits per heavy atom. The summed E-state index contributed by atoms with van der Waals surface area (Å²) in [6, 6.07) is 0. The molecule has 1 aromatic rings. The summed E-state index contributed by atoms with van der Waals surface area (Å²) in [5, 5.41) is 21.7. The van der Waals surface area contributed by atoms with Crippen molar-refractivity contribution < 1.29 is 19.7 Å². The number of unbranched alkanes of at least 4 members (excludes halogenated alkanes) is 1. The summed E-state index contributed by atoms with van der Waals surface area (Å²) in [4.78, 5) is 19.4. The number of rotatable bonds is 13. The number of hydrogen-bond donors (Lipinski definition) is 2. The quantitative estimate of drug-likeness (QED) is 0.211. The first-order chi connectivity index (χ1) is 21.5. The second kappa shape index (κ2) is 14.6. The van der Waals surface area contributed by atoms with Crippen LogP contribution >= 0.6 is 11.3 Å². The molecule has 2 N–H and O–H groups in total. The summed E-state index contributed by atoms with van der Waals surface area (Å²) < 4.78 is 6.42. The third kappa shape index (κ3) is 7.38. The fraction of sp³-hybridized carbons (Fsp3) is 0.744. The van der Waals surface area contributed by atoms with Gasteiger partial charge in [0.15, 0.2) is 0 Å². The number of hydrogen-bond acceptors (Lipinski definition) is 6. The smallest absolute Gasteiger partial charge is 0.308 e. The molecule has 5 nitrogen and oxygen atoms in total. The molecule has 4 aliphatic rings. The second-order valence-electron chi connectivity index (χ2n) is 15.3. The summed E-state index contributed by atoms with van der Waals surface area (Å²) in [5.74, 6) is 1.65. The Kier molecular flexibility index (Phi) is 11.2. The zero-order chi connectivity index (χ0) is 32.4. The molecule has 0 aliphatic heterocycles. The minimum absolute atomic E-state index is 0.0473. The van der Waals surface area contributed by atoms with Crippen LogP contribution in [0.2, 0.25) is 0 Å². The fourth-order valence-electron chi connectivity index (χ4n) is 8.98. The average Bonchev–Trinajstić information content (AvgIpc) is 3.53. The van der Waals surface area contributed by atoms with Crippen LogP contribution < -0.4 is 0 Å². The van der Waals surface area contributed by atoms with E-state index in [0.717, 1.165) is 56.1 Å². The molecule has 1 heterocycles. The fourth-order valence-corrected chi connectivity index (χ4v) is 10.2. The molecule has 4 aliphatic carbocycles. The van der Waals surface area contributed by atoms with Crippen LogP contribution in [0.4, 0.5) is 0 Å². The van der Waals surface area contributed by atoms with Gasteiger partial charge in [0, 0.05) is 17.5 Å². The highest BCUT2D eigenvalue weighted by Gasteiger charge is 2.56. The highest BCUT2D eigenvalue weighted by Crippen LogP contribution is 2.60. The maximum absolute atomic E-state index is 13.2. The van der Waals surface area contributed by atoms with E-state index in [9.17, 15) is 15.0 Å². The molecule has 1 unspecified atom stereocenters. The van der Waals surface area contributed by atoms with Gasteiger partial charge in [0.1, 0.15) is 11.1 Å². The first kappa shape index (κ1) is 34.6. The molecule has 4 fully saturated rings. The standard InChI is InChI=1S/C39H59NO4S/c1-7-9-12-31-24-40-37(45-31)39(20-21-39)35(44-36(43)25(3)8-2)18-13-26(4)32-16-17-33-28(11-10-19-38(32,33)6)14-15-29-22-30(41)23-34(42)27(29)5/h14-15,24-26,30,32-35,41-42H,5,7-13,16-23H2,1-4,6H3/b28-14+,29-15-/t25?,26-,30-,32-,33+,34+,35-,38-/m1/s1. The van der Waals surface area contributed by atoms with Crippen molar-refractivity contribution in [3.05, 3.63) is 51.5 Å². The van der Waals surface area contributed by atoms with Crippen LogP contribution in [0, 0.1) is 29.1 Å². The van der Waals surface area contributed by atoms with Crippen molar-refractivity contribution in [2.75, 3.05) is 0 Å². The number of ether oxygens (including phenoxy) is 1. The number of aromatic nitrogens is 1. The molecule has 0 saturated heterocycles. The molecule has 45 heavy (non-hydrogen) atoms. The van der Waals surface area contributed by atoms with Gasteiger partial charge in [0.25, 0.3) is 0 Å². The van der Waals surface area contributed by atoms with Crippen LogP contribution in [-0.4, -0.2) is 39.5 Å². The van der Waals surface area contributed by atoms with Gasteiger partial charge < -0.3 is 14.9 Å². The number of nitrogens with zero attached hydrogens (tertiary/aromatic N) is 1. The van der Waals surface area contributed by atoms with Crippen molar-refractivity contribution in [1.29, 1.82) is 0 Å². The number of aliphatic hydroxyl groups excluding tert-OH is 2. The number of thiazole rings is 1. The van der Waals surface area contributed by atoms with E-state index < -0.39 is 12.2 Å². The monoisotopic (exact) mass is 637 g/mol. The van der Waals surface area contributed by atoms with Gasteiger partial charge in [0.05, 0.1) is 23.5 Å². The normalized spacial score (nSPS) is 33.2. The number of carbonyl (C=O) groups excluding carboxylic acids is 1. The van der Waals surface area contributed by atoms with Crippen LogP contribution in [0.25, 0.3) is 0 Å². The van der Waals surface area contributed by atoms with E-state index in [1.807, 2.05) is 18.3 Å². The molecular weight excluding hydrogens is 578 g/mol. The Hall–Kier alpha value is -1.76. The number of aliphatic hydroxyl groups is 2. The van der Waals surface area contributed by atoms with Gasteiger partial charge in [-0.2, -0.15) is 0 Å². The largest absolute Gasteiger partial charge is 0.461 e. The van der Waals surface area contributed by atoms with E-state index in [1.54, 1.807) is 0 Å². The molecule has 1 aromatic heterocycles. The number of allylic oxidation sites excluding steroid dienone is 3. The lowest BCUT2D eigenvalue weighted by Crippen LogP contribution is -2.37. The third-order valence-electron chi connectivity index (χ3n) is 12.3. The first-order valence-electron chi connectivity index (χ1n) is 18.1.